The van der Waals surface area contributed by atoms with Gasteiger partial charge in [-0.05, 0) is 35.9 Å². The summed E-state index contributed by atoms with van der Waals surface area (Å²) in [5, 5.41) is 9.66. The number of thioether (sulfide) groups is 1. The number of aromatic nitrogens is 3. The lowest BCUT2D eigenvalue weighted by Crippen LogP contribution is -2.13. The molecular weight excluding hydrogens is 365 g/mol. The van der Waals surface area contributed by atoms with Gasteiger partial charge in [-0.1, -0.05) is 30.0 Å². The number of H-pyrrole nitrogens is 1. The minimum Gasteiger partial charge on any atom is -0.322 e. The van der Waals surface area contributed by atoms with E-state index in [9.17, 15) is 18.0 Å². The summed E-state index contributed by atoms with van der Waals surface area (Å²) < 4.78 is 38.2. The zero-order valence-electron chi connectivity index (χ0n) is 13.2. The summed E-state index contributed by atoms with van der Waals surface area (Å²) in [7, 11) is 0. The van der Waals surface area contributed by atoms with Crippen molar-refractivity contribution in [2.45, 2.75) is 17.1 Å². The van der Waals surface area contributed by atoms with Gasteiger partial charge in [0.25, 0.3) is 5.91 Å². The predicted molar refractivity (Wildman–Crippen MR) is 91.8 cm³/mol. The molecule has 0 spiro atoms. The molecule has 0 atom stereocenters. The fourth-order valence-electron chi connectivity index (χ4n) is 2.14. The number of alkyl halides is 3. The second-order valence-corrected chi connectivity index (χ2v) is 6.27. The Morgan fingerprint density at radius 3 is 2.58 bits per heavy atom. The second-order valence-electron chi connectivity index (χ2n) is 5.31. The van der Waals surface area contributed by atoms with Crippen molar-refractivity contribution in [2.75, 3.05) is 5.32 Å². The number of hydrogen-bond donors (Lipinski definition) is 2. The second kappa shape index (κ2) is 7.61. The van der Waals surface area contributed by atoms with E-state index in [1.807, 2.05) is 0 Å². The maximum Gasteiger partial charge on any atom is 0.416 e. The van der Waals surface area contributed by atoms with Crippen LogP contribution in [0.4, 0.5) is 18.9 Å². The largest absolute Gasteiger partial charge is 0.416 e. The number of halogens is 3. The highest BCUT2D eigenvalue weighted by Gasteiger charge is 2.30. The van der Waals surface area contributed by atoms with Crippen LogP contribution < -0.4 is 5.32 Å². The number of aromatic amines is 1. The zero-order valence-corrected chi connectivity index (χ0v) is 14.1. The molecular formula is C17H13F3N4OS. The molecule has 26 heavy (non-hydrogen) atoms. The van der Waals surface area contributed by atoms with Crippen LogP contribution >= 0.6 is 11.8 Å². The minimum absolute atomic E-state index is 0.0924. The molecule has 0 saturated carbocycles. The van der Waals surface area contributed by atoms with Crippen molar-refractivity contribution < 1.29 is 18.0 Å². The molecule has 9 heteroatoms. The number of rotatable bonds is 5. The molecule has 134 valence electrons. The van der Waals surface area contributed by atoms with Crippen LogP contribution in [0.5, 0.6) is 0 Å². The van der Waals surface area contributed by atoms with Gasteiger partial charge in [0.05, 0.1) is 5.56 Å². The Bertz CT molecular complexity index is 880. The average molecular weight is 378 g/mol. The smallest absolute Gasteiger partial charge is 0.322 e. The number of nitrogens with one attached hydrogen (secondary N) is 2. The Morgan fingerprint density at radius 2 is 1.92 bits per heavy atom. The first kappa shape index (κ1) is 18.0. The molecule has 3 rings (SSSR count). The molecule has 0 saturated heterocycles. The maximum atomic E-state index is 12.7. The molecule has 0 aliphatic rings. The lowest BCUT2D eigenvalue weighted by atomic mass is 10.1. The van der Waals surface area contributed by atoms with Gasteiger partial charge in [-0.15, -0.1) is 0 Å². The number of carbonyl (C=O) groups is 1. The molecule has 0 bridgehead atoms. The van der Waals surface area contributed by atoms with Gasteiger partial charge in [-0.3, -0.25) is 9.89 Å². The third-order valence-electron chi connectivity index (χ3n) is 3.43. The van der Waals surface area contributed by atoms with Crippen LogP contribution in [0.25, 0.3) is 0 Å². The molecule has 3 aromatic rings. The van der Waals surface area contributed by atoms with Crippen molar-refractivity contribution in [2.24, 2.45) is 0 Å². The maximum absolute atomic E-state index is 12.7. The van der Waals surface area contributed by atoms with E-state index in [4.69, 9.17) is 0 Å². The van der Waals surface area contributed by atoms with E-state index in [1.165, 1.54) is 30.2 Å². The monoisotopic (exact) mass is 378 g/mol. The standard InChI is InChI=1S/C17H13F3N4OS/c18-17(19,20)13-2-1-3-14(8-13)23-15(25)12-6-4-11(5-7-12)9-26-16-21-10-22-24-16/h1-8,10H,9H2,(H,23,25)(H,21,22,24). The Hall–Kier alpha value is -2.81. The highest BCUT2D eigenvalue weighted by atomic mass is 32.2. The molecule has 0 aliphatic heterocycles. The summed E-state index contributed by atoms with van der Waals surface area (Å²) in [4.78, 5) is 16.2. The van der Waals surface area contributed by atoms with Crippen molar-refractivity contribution in [3.8, 4) is 0 Å². The SMILES string of the molecule is O=C(Nc1cccc(C(F)(F)F)c1)c1ccc(CSc2ncn[nH]2)cc1. The van der Waals surface area contributed by atoms with Crippen molar-refractivity contribution in [1.82, 2.24) is 15.2 Å². The summed E-state index contributed by atoms with van der Waals surface area (Å²) >= 11 is 1.46. The summed E-state index contributed by atoms with van der Waals surface area (Å²) in [6, 6.07) is 11.3. The summed E-state index contributed by atoms with van der Waals surface area (Å²) in [6.45, 7) is 0. The molecule has 0 unspecified atom stereocenters. The van der Waals surface area contributed by atoms with Crippen LogP contribution in [-0.4, -0.2) is 21.1 Å². The van der Waals surface area contributed by atoms with Crippen LogP contribution in [0, 0.1) is 0 Å². The lowest BCUT2D eigenvalue weighted by molar-refractivity contribution is -0.137. The van der Waals surface area contributed by atoms with Gasteiger partial charge in [0.2, 0.25) is 0 Å². The number of carbonyl (C=O) groups excluding carboxylic acids is 1. The first-order valence-corrected chi connectivity index (χ1v) is 8.46. The molecule has 1 heterocycles. The molecule has 2 aromatic carbocycles. The first-order valence-electron chi connectivity index (χ1n) is 7.47. The van der Waals surface area contributed by atoms with E-state index >= 15 is 0 Å². The van der Waals surface area contributed by atoms with Crippen molar-refractivity contribution in [1.29, 1.82) is 0 Å². The Labute approximate surface area is 151 Å². The third kappa shape index (κ3) is 4.63. The van der Waals surface area contributed by atoms with Crippen LogP contribution in [-0.2, 0) is 11.9 Å². The molecule has 1 aromatic heterocycles. The number of nitrogens with zero attached hydrogens (tertiary/aromatic N) is 2. The molecule has 0 aliphatic carbocycles. The summed E-state index contributed by atoms with van der Waals surface area (Å²) in [5.41, 5.74) is 0.614. The van der Waals surface area contributed by atoms with E-state index in [0.29, 0.717) is 16.5 Å². The summed E-state index contributed by atoms with van der Waals surface area (Å²) in [5.74, 6) is 0.170. The van der Waals surface area contributed by atoms with Crippen molar-refractivity contribution in [3.05, 3.63) is 71.5 Å². The fourth-order valence-corrected chi connectivity index (χ4v) is 2.88. The van der Waals surface area contributed by atoms with E-state index in [2.05, 4.69) is 20.5 Å². The normalized spacial score (nSPS) is 11.3. The van der Waals surface area contributed by atoms with Gasteiger partial charge in [-0.2, -0.15) is 18.3 Å². The quantitative estimate of drug-likeness (QED) is 0.647. The van der Waals surface area contributed by atoms with Gasteiger partial charge < -0.3 is 5.32 Å². The Morgan fingerprint density at radius 1 is 1.15 bits per heavy atom. The molecule has 5 nitrogen and oxygen atoms in total. The van der Waals surface area contributed by atoms with Crippen molar-refractivity contribution in [3.63, 3.8) is 0 Å². The molecule has 1 amide bonds. The molecule has 0 radical (unpaired) electrons. The van der Waals surface area contributed by atoms with Crippen LogP contribution in [0.1, 0.15) is 21.5 Å². The third-order valence-corrected chi connectivity index (χ3v) is 4.38. The first-order chi connectivity index (χ1) is 12.4. The van der Waals surface area contributed by atoms with Gasteiger partial charge in [0, 0.05) is 17.0 Å². The minimum atomic E-state index is -4.45. The Balaban J connectivity index is 1.63. The van der Waals surface area contributed by atoms with Gasteiger partial charge in [0.1, 0.15) is 6.33 Å². The number of amides is 1. The van der Waals surface area contributed by atoms with E-state index in [0.717, 1.165) is 17.7 Å². The Kier molecular flexibility index (Phi) is 5.27. The van der Waals surface area contributed by atoms with E-state index < -0.39 is 17.6 Å². The van der Waals surface area contributed by atoms with Gasteiger partial charge in [-0.25, -0.2) is 4.98 Å². The van der Waals surface area contributed by atoms with Crippen LogP contribution in [0.3, 0.4) is 0 Å². The number of hydrogen-bond acceptors (Lipinski definition) is 4. The molecule has 0 fully saturated rings. The highest BCUT2D eigenvalue weighted by molar-refractivity contribution is 7.98. The fraction of sp³-hybridized carbons (Fsp3) is 0.118. The van der Waals surface area contributed by atoms with E-state index in [1.54, 1.807) is 24.3 Å². The van der Waals surface area contributed by atoms with Gasteiger partial charge >= 0.3 is 6.18 Å². The lowest BCUT2D eigenvalue weighted by Gasteiger charge is -2.10. The van der Waals surface area contributed by atoms with E-state index in [-0.39, 0.29) is 5.69 Å². The van der Waals surface area contributed by atoms with Crippen molar-refractivity contribution >= 4 is 23.4 Å². The van der Waals surface area contributed by atoms with Gasteiger partial charge in [0.15, 0.2) is 5.16 Å². The number of anilines is 1. The average Bonchev–Trinajstić information content (AvgIpc) is 3.13. The number of benzene rings is 2. The zero-order chi connectivity index (χ0) is 18.6. The highest BCUT2D eigenvalue weighted by Crippen LogP contribution is 2.30. The summed E-state index contributed by atoms with van der Waals surface area (Å²) in [6.07, 6.45) is -3.03. The van der Waals surface area contributed by atoms with Crippen LogP contribution in [0.2, 0.25) is 0 Å². The topological polar surface area (TPSA) is 70.7 Å². The van der Waals surface area contributed by atoms with Crippen LogP contribution in [0.15, 0.2) is 60.0 Å². The molecule has 2 N–H and O–H groups in total. The predicted octanol–water partition coefficient (Wildman–Crippen LogP) is 4.37.